The zero-order chi connectivity index (χ0) is 16.6. The van der Waals surface area contributed by atoms with Gasteiger partial charge in [0.2, 0.25) is 0 Å². The van der Waals surface area contributed by atoms with Crippen molar-refractivity contribution in [1.82, 2.24) is 0 Å². The van der Waals surface area contributed by atoms with Gasteiger partial charge in [-0.25, -0.2) is 5.01 Å². The molecule has 2 atom stereocenters. The third-order valence-electron chi connectivity index (χ3n) is 5.83. The topological polar surface area (TPSA) is 15.6 Å². The molecule has 1 saturated carbocycles. The van der Waals surface area contributed by atoms with Gasteiger partial charge in [-0.3, -0.25) is 0 Å². The van der Waals surface area contributed by atoms with Crippen LogP contribution in [0.15, 0.2) is 77.4 Å². The maximum Gasteiger partial charge on any atom is 0.0652 e. The largest absolute Gasteiger partial charge is 0.234 e. The molecule has 2 nitrogen and oxygen atoms in total. The van der Waals surface area contributed by atoms with E-state index in [1.165, 1.54) is 18.4 Å². The van der Waals surface area contributed by atoms with E-state index in [-0.39, 0.29) is 0 Å². The van der Waals surface area contributed by atoms with Crippen molar-refractivity contribution in [2.75, 3.05) is 5.01 Å². The van der Waals surface area contributed by atoms with Crippen molar-refractivity contribution >= 4 is 17.6 Å². The lowest BCUT2D eigenvalue weighted by Crippen LogP contribution is -2.48. The van der Waals surface area contributed by atoms with Crippen molar-refractivity contribution in [3.8, 4) is 0 Å². The summed E-state index contributed by atoms with van der Waals surface area (Å²) in [7, 11) is 0. The van der Waals surface area contributed by atoms with Crippen molar-refractivity contribution in [2.45, 2.75) is 26.7 Å². The average Bonchev–Trinajstić information content (AvgIpc) is 2.63. The number of anilines is 2. The Hall–Kier alpha value is -2.35. The highest BCUT2D eigenvalue weighted by molar-refractivity contribution is 5.82. The molecule has 0 spiro atoms. The van der Waals surface area contributed by atoms with Crippen LogP contribution in [0.5, 0.6) is 0 Å². The molecule has 2 aromatic rings. The highest BCUT2D eigenvalue weighted by atomic mass is 15.5. The van der Waals surface area contributed by atoms with E-state index < -0.39 is 0 Å². The van der Waals surface area contributed by atoms with Crippen LogP contribution in [0.1, 0.15) is 26.7 Å². The molecule has 24 heavy (non-hydrogen) atoms. The fourth-order valence-corrected chi connectivity index (χ4v) is 4.09. The lowest BCUT2D eigenvalue weighted by atomic mass is 9.49. The quantitative estimate of drug-likeness (QED) is 0.514. The molecule has 2 aromatic carbocycles. The van der Waals surface area contributed by atoms with Crippen molar-refractivity contribution in [2.24, 2.45) is 22.4 Å². The molecule has 2 bridgehead atoms. The highest BCUT2D eigenvalue weighted by Crippen LogP contribution is 2.58. The van der Waals surface area contributed by atoms with Crippen LogP contribution < -0.4 is 5.01 Å². The minimum atomic E-state index is 0.431. The summed E-state index contributed by atoms with van der Waals surface area (Å²) < 4.78 is 0. The van der Waals surface area contributed by atoms with E-state index in [9.17, 15) is 0 Å². The number of rotatable bonds is 4. The van der Waals surface area contributed by atoms with Crippen molar-refractivity contribution in [3.05, 3.63) is 72.3 Å². The van der Waals surface area contributed by atoms with E-state index in [2.05, 4.69) is 74.7 Å². The first-order valence-corrected chi connectivity index (χ1v) is 8.80. The van der Waals surface area contributed by atoms with E-state index in [0.29, 0.717) is 11.3 Å². The molecule has 0 saturated heterocycles. The Morgan fingerprint density at radius 3 is 2.04 bits per heavy atom. The first-order chi connectivity index (χ1) is 11.7. The second-order valence-corrected chi connectivity index (χ2v) is 7.47. The van der Waals surface area contributed by atoms with Crippen LogP contribution in [-0.4, -0.2) is 6.21 Å². The number of fused-ring (bicyclic) bond motifs is 1. The molecule has 0 radical (unpaired) electrons. The molecule has 2 heteroatoms. The van der Waals surface area contributed by atoms with E-state index in [1.807, 2.05) is 17.1 Å². The van der Waals surface area contributed by atoms with Gasteiger partial charge in [-0.2, -0.15) is 5.10 Å². The smallest absolute Gasteiger partial charge is 0.0652 e. The SMILES string of the molecule is CC1(C)[C@H]2CC=C(/C=N/N(c3ccccc3)c3ccccc3)[C@H]1C2. The summed E-state index contributed by atoms with van der Waals surface area (Å²) in [4.78, 5) is 0. The van der Waals surface area contributed by atoms with Crippen LogP contribution in [0.25, 0.3) is 0 Å². The number of hydrogen-bond acceptors (Lipinski definition) is 2. The Balaban J connectivity index is 1.65. The fourth-order valence-electron chi connectivity index (χ4n) is 4.09. The Morgan fingerprint density at radius 1 is 0.958 bits per heavy atom. The Kier molecular flexibility index (Phi) is 3.76. The normalized spacial score (nSPS) is 24.3. The molecule has 3 aliphatic carbocycles. The molecule has 1 fully saturated rings. The summed E-state index contributed by atoms with van der Waals surface area (Å²) in [5, 5.41) is 6.89. The highest BCUT2D eigenvalue weighted by Gasteiger charge is 2.50. The van der Waals surface area contributed by atoms with Crippen molar-refractivity contribution < 1.29 is 0 Å². The van der Waals surface area contributed by atoms with Crippen LogP contribution in [0.4, 0.5) is 11.4 Å². The standard InChI is InChI=1S/C22H24N2/c1-22(2)18-14-13-17(21(22)15-18)16-23-24(19-9-5-3-6-10-19)20-11-7-4-8-12-20/h3-13,16,18,21H,14-15H2,1-2H3/b23-16+/t18-,21+/m0/s1. The lowest BCUT2D eigenvalue weighted by molar-refractivity contribution is -0.00125. The molecule has 3 aliphatic rings. The third kappa shape index (κ3) is 2.56. The first kappa shape index (κ1) is 15.2. The summed E-state index contributed by atoms with van der Waals surface area (Å²) in [5.41, 5.74) is 4.00. The minimum absolute atomic E-state index is 0.431. The third-order valence-corrected chi connectivity index (χ3v) is 5.83. The molecule has 0 unspecified atom stereocenters. The lowest BCUT2D eigenvalue weighted by Gasteiger charge is -2.55. The molecule has 5 rings (SSSR count). The summed E-state index contributed by atoms with van der Waals surface area (Å²) >= 11 is 0. The molecular weight excluding hydrogens is 292 g/mol. The Bertz CT molecular complexity index is 720. The van der Waals surface area contributed by atoms with Gasteiger partial charge in [0.1, 0.15) is 0 Å². The number of hydrazone groups is 1. The monoisotopic (exact) mass is 316 g/mol. The number of benzene rings is 2. The number of para-hydroxylation sites is 2. The zero-order valence-corrected chi connectivity index (χ0v) is 14.4. The van der Waals surface area contributed by atoms with E-state index in [4.69, 9.17) is 5.10 Å². The van der Waals surface area contributed by atoms with E-state index in [1.54, 1.807) is 0 Å². The van der Waals surface area contributed by atoms with Gasteiger partial charge in [-0.1, -0.05) is 56.3 Å². The number of allylic oxidation sites excluding steroid dienone is 2. The second kappa shape index (κ2) is 5.94. The summed E-state index contributed by atoms with van der Waals surface area (Å²) in [6, 6.07) is 20.7. The zero-order valence-electron chi connectivity index (χ0n) is 14.4. The van der Waals surface area contributed by atoms with Crippen LogP contribution >= 0.6 is 0 Å². The van der Waals surface area contributed by atoms with Gasteiger partial charge in [0.15, 0.2) is 0 Å². The molecule has 0 aromatic heterocycles. The molecular formula is C22H24N2. The van der Waals surface area contributed by atoms with Crippen LogP contribution in [0.3, 0.4) is 0 Å². The van der Waals surface area contributed by atoms with Gasteiger partial charge in [-0.05, 0) is 59.9 Å². The maximum atomic E-state index is 4.87. The average molecular weight is 316 g/mol. The molecule has 0 aliphatic heterocycles. The summed E-state index contributed by atoms with van der Waals surface area (Å²) in [5.74, 6) is 1.52. The second-order valence-electron chi connectivity index (χ2n) is 7.47. The van der Waals surface area contributed by atoms with Crippen LogP contribution in [0.2, 0.25) is 0 Å². The van der Waals surface area contributed by atoms with E-state index in [0.717, 1.165) is 17.3 Å². The number of hydrogen-bond donors (Lipinski definition) is 0. The Morgan fingerprint density at radius 2 is 1.54 bits per heavy atom. The molecule has 0 heterocycles. The summed E-state index contributed by atoms with van der Waals surface area (Å²) in [6.07, 6.45) is 6.99. The van der Waals surface area contributed by atoms with Gasteiger partial charge in [0.05, 0.1) is 17.6 Å². The number of nitrogens with zero attached hydrogens (tertiary/aromatic N) is 2. The predicted octanol–water partition coefficient (Wildman–Crippen LogP) is 5.80. The molecule has 122 valence electrons. The molecule has 0 amide bonds. The predicted molar refractivity (Wildman–Crippen MR) is 102 cm³/mol. The van der Waals surface area contributed by atoms with Gasteiger partial charge in [0.25, 0.3) is 0 Å². The maximum absolute atomic E-state index is 4.87. The van der Waals surface area contributed by atoms with Crippen molar-refractivity contribution in [3.63, 3.8) is 0 Å². The fraction of sp³-hybridized carbons (Fsp3) is 0.318. The van der Waals surface area contributed by atoms with Crippen molar-refractivity contribution in [1.29, 1.82) is 0 Å². The first-order valence-electron chi connectivity index (χ1n) is 8.80. The van der Waals surface area contributed by atoms with Gasteiger partial charge in [0, 0.05) is 0 Å². The molecule has 0 N–H and O–H groups in total. The van der Waals surface area contributed by atoms with Gasteiger partial charge in [-0.15, -0.1) is 0 Å². The Labute approximate surface area is 144 Å². The van der Waals surface area contributed by atoms with Crippen LogP contribution in [-0.2, 0) is 0 Å². The van der Waals surface area contributed by atoms with Crippen LogP contribution in [0, 0.1) is 17.3 Å². The van der Waals surface area contributed by atoms with E-state index >= 15 is 0 Å². The van der Waals surface area contributed by atoms with Gasteiger partial charge < -0.3 is 0 Å². The summed E-state index contributed by atoms with van der Waals surface area (Å²) in [6.45, 7) is 4.80. The van der Waals surface area contributed by atoms with Gasteiger partial charge >= 0.3 is 0 Å². The minimum Gasteiger partial charge on any atom is -0.234 e.